The Balaban J connectivity index is 0.933. The lowest BCUT2D eigenvalue weighted by molar-refractivity contribution is 0.102. The van der Waals surface area contributed by atoms with Crippen LogP contribution in [0.1, 0.15) is 136 Å². The minimum absolute atomic E-state index is 0.170. The molecule has 0 fully saturated rings. The quantitative estimate of drug-likeness (QED) is 0.0727. The van der Waals surface area contributed by atoms with Crippen molar-refractivity contribution >= 4 is 51.6 Å². The van der Waals surface area contributed by atoms with Crippen molar-refractivity contribution in [2.24, 2.45) is 5.92 Å². The highest BCUT2D eigenvalue weighted by molar-refractivity contribution is 6.40. The Morgan fingerprint density at radius 2 is 1.31 bits per heavy atom. The van der Waals surface area contributed by atoms with Crippen LogP contribution in [0, 0.1) is 5.92 Å². The van der Waals surface area contributed by atoms with Crippen molar-refractivity contribution in [1.82, 2.24) is 0 Å². The van der Waals surface area contributed by atoms with Gasteiger partial charge in [0, 0.05) is 49.3 Å². The fourth-order valence-corrected chi connectivity index (χ4v) is 12.5. The van der Waals surface area contributed by atoms with Gasteiger partial charge in [0.05, 0.1) is 25.8 Å². The van der Waals surface area contributed by atoms with Gasteiger partial charge in [-0.05, 0) is 154 Å². The van der Waals surface area contributed by atoms with Crippen LogP contribution in [0.2, 0.25) is 10.0 Å². The monoisotopic (exact) mass is 1080 g/mol. The van der Waals surface area contributed by atoms with E-state index in [0.29, 0.717) is 33.7 Å². The first-order chi connectivity index (χ1) is 37.9. The molecular formula is C70H71Cl2NO5. The van der Waals surface area contributed by atoms with E-state index in [1.807, 2.05) is 78.9 Å². The predicted molar refractivity (Wildman–Crippen MR) is 324 cm³/mol. The van der Waals surface area contributed by atoms with E-state index in [0.717, 1.165) is 114 Å². The van der Waals surface area contributed by atoms with E-state index in [2.05, 4.69) is 113 Å². The van der Waals surface area contributed by atoms with Gasteiger partial charge >= 0.3 is 0 Å². The van der Waals surface area contributed by atoms with Crippen LogP contribution in [0.5, 0.6) is 23.0 Å². The number of unbranched alkanes of at least 4 members (excludes halogenated alkanes) is 3. The van der Waals surface area contributed by atoms with Crippen molar-refractivity contribution in [1.29, 1.82) is 0 Å². The molecule has 1 aliphatic carbocycles. The highest BCUT2D eigenvalue weighted by atomic mass is 35.5. The van der Waals surface area contributed by atoms with Crippen LogP contribution in [0.15, 0.2) is 152 Å². The molecule has 2 unspecified atom stereocenters. The maximum atomic E-state index is 13.7. The lowest BCUT2D eigenvalue weighted by atomic mass is 9.76. The van der Waals surface area contributed by atoms with Gasteiger partial charge in [0.1, 0.15) is 23.0 Å². The van der Waals surface area contributed by atoms with Gasteiger partial charge in [0.25, 0.3) is 5.91 Å². The van der Waals surface area contributed by atoms with Crippen LogP contribution in [-0.4, -0.2) is 26.7 Å². The number of benzene rings is 8. The number of amides is 1. The van der Waals surface area contributed by atoms with Gasteiger partial charge in [-0.15, -0.1) is 0 Å². The summed E-state index contributed by atoms with van der Waals surface area (Å²) in [5, 5.41) is 5.82. The minimum atomic E-state index is -1.04. The Bertz CT molecular complexity index is 3460. The number of hydrogen-bond donors (Lipinski definition) is 1. The second-order valence-corrected chi connectivity index (χ2v) is 22.5. The molecule has 0 saturated heterocycles. The molecule has 1 N–H and O–H groups in total. The number of carbonyl (C=O) groups excluding carboxylic acids is 1. The number of ether oxygens (including phenoxy) is 4. The van der Waals surface area contributed by atoms with Crippen molar-refractivity contribution in [2.45, 2.75) is 110 Å². The fraction of sp³-hybridized carbons (Fsp3) is 0.300. The molecular weight excluding hydrogens is 1010 g/mol. The van der Waals surface area contributed by atoms with Gasteiger partial charge < -0.3 is 24.3 Å². The normalized spacial score (nSPS) is 15.2. The van der Waals surface area contributed by atoms with Gasteiger partial charge in [-0.2, -0.15) is 0 Å². The second kappa shape index (κ2) is 23.5. The van der Waals surface area contributed by atoms with Gasteiger partial charge in [-0.25, -0.2) is 0 Å². The molecule has 2 aliphatic rings. The van der Waals surface area contributed by atoms with E-state index in [1.54, 1.807) is 20.3 Å². The van der Waals surface area contributed by atoms with Gasteiger partial charge in [0.15, 0.2) is 5.60 Å². The SMILES string of the molecule is CCCCCC(CCC)CCc1ccc(-c2ccc(C(=O)Nc3ccc(-c4cc5c(cc4OC)C(C)(C)c4c6c(c7c(Cl)cc(Cl)cc7c4-5)OC(c4ccc(OC)cc4)(c4ccc(OCCCC)cc4)C=C6)cc3)cc2)cc1. The zero-order valence-corrected chi connectivity index (χ0v) is 47.7. The molecule has 0 radical (unpaired) electrons. The van der Waals surface area contributed by atoms with Crippen LogP contribution in [0.25, 0.3) is 50.2 Å². The number of anilines is 1. The molecule has 2 atom stereocenters. The Morgan fingerprint density at radius 1 is 0.654 bits per heavy atom. The standard InChI is InChI=1S/C70H71Cl2NO5/c1-8-11-13-15-45(14-10-3)16-17-46-18-20-47(21-19-46)48-22-24-50(25-23-48)68(74)73-54-32-26-49(27-33-54)58-43-59-61(44-63(58)76-7)69(4,5)66-57-38-39-70(51-28-34-55(75-6)35-29-51,52-30-36-56(37-31-52)77-40-12-9-2)78-67(57)65-60(64(59)66)41-53(71)42-62(65)72/h18-39,41-45H,8-17,40H2,1-7H3,(H,73,74). The van der Waals surface area contributed by atoms with E-state index in [4.69, 9.17) is 42.1 Å². The number of fused-ring (bicyclic) bond motifs is 8. The average Bonchev–Trinajstić information content (AvgIpc) is 3.68. The van der Waals surface area contributed by atoms with E-state index < -0.39 is 11.0 Å². The molecule has 0 saturated carbocycles. The summed E-state index contributed by atoms with van der Waals surface area (Å²) in [6.07, 6.45) is 16.6. The summed E-state index contributed by atoms with van der Waals surface area (Å²) in [7, 11) is 3.38. The first-order valence-electron chi connectivity index (χ1n) is 28.0. The van der Waals surface area contributed by atoms with Crippen molar-refractivity contribution in [2.75, 3.05) is 26.1 Å². The topological polar surface area (TPSA) is 66.0 Å². The number of halogens is 2. The molecule has 6 nitrogen and oxygen atoms in total. The number of carbonyl (C=O) groups is 1. The van der Waals surface area contributed by atoms with Crippen LogP contribution < -0.4 is 24.3 Å². The molecule has 8 heteroatoms. The maximum absolute atomic E-state index is 13.7. The molecule has 10 rings (SSSR count). The van der Waals surface area contributed by atoms with E-state index in [9.17, 15) is 4.79 Å². The highest BCUT2D eigenvalue weighted by Gasteiger charge is 2.45. The maximum Gasteiger partial charge on any atom is 0.255 e. The minimum Gasteiger partial charge on any atom is -0.497 e. The summed E-state index contributed by atoms with van der Waals surface area (Å²) in [6.45, 7) is 11.9. The molecule has 1 heterocycles. The van der Waals surface area contributed by atoms with Crippen LogP contribution in [0.3, 0.4) is 0 Å². The van der Waals surface area contributed by atoms with Gasteiger partial charge in [-0.3, -0.25) is 4.79 Å². The Kier molecular flexibility index (Phi) is 16.4. The fourth-order valence-electron chi connectivity index (χ4n) is 11.9. The largest absolute Gasteiger partial charge is 0.497 e. The summed E-state index contributed by atoms with van der Waals surface area (Å²) in [4.78, 5) is 13.7. The average molecular weight is 1080 g/mol. The Labute approximate surface area is 471 Å². The molecule has 8 aromatic carbocycles. The molecule has 1 amide bonds. The number of nitrogens with one attached hydrogen (secondary N) is 1. The zero-order valence-electron chi connectivity index (χ0n) is 46.2. The smallest absolute Gasteiger partial charge is 0.255 e. The summed E-state index contributed by atoms with van der Waals surface area (Å²) in [6, 6.07) is 49.2. The summed E-state index contributed by atoms with van der Waals surface area (Å²) in [5.74, 6) is 3.61. The third-order valence-electron chi connectivity index (χ3n) is 16.2. The lowest BCUT2D eigenvalue weighted by Crippen LogP contribution is -2.35. The van der Waals surface area contributed by atoms with Crippen molar-refractivity contribution in [3.8, 4) is 56.4 Å². The number of aryl methyl sites for hydroxylation is 1. The molecule has 0 aromatic heterocycles. The summed E-state index contributed by atoms with van der Waals surface area (Å²) < 4.78 is 25.5. The predicted octanol–water partition coefficient (Wildman–Crippen LogP) is 19.5. The van der Waals surface area contributed by atoms with Crippen LogP contribution in [0.4, 0.5) is 5.69 Å². The van der Waals surface area contributed by atoms with Crippen molar-refractivity contribution in [3.05, 3.63) is 201 Å². The van der Waals surface area contributed by atoms with Gasteiger partial charge in [0.2, 0.25) is 0 Å². The molecule has 400 valence electrons. The van der Waals surface area contributed by atoms with Crippen LogP contribution >= 0.6 is 23.2 Å². The summed E-state index contributed by atoms with van der Waals surface area (Å²) in [5.41, 5.74) is 12.4. The van der Waals surface area contributed by atoms with E-state index in [-0.39, 0.29) is 5.91 Å². The van der Waals surface area contributed by atoms with Crippen molar-refractivity contribution in [3.63, 3.8) is 0 Å². The highest BCUT2D eigenvalue weighted by Crippen LogP contribution is 2.60. The Morgan fingerprint density at radius 3 is 1.95 bits per heavy atom. The molecule has 78 heavy (non-hydrogen) atoms. The van der Waals surface area contributed by atoms with E-state index in [1.165, 1.54) is 50.5 Å². The summed E-state index contributed by atoms with van der Waals surface area (Å²) >= 11 is 14.3. The van der Waals surface area contributed by atoms with Gasteiger partial charge in [-0.1, -0.05) is 182 Å². The molecule has 1 aliphatic heterocycles. The second-order valence-electron chi connectivity index (χ2n) is 21.6. The zero-order chi connectivity index (χ0) is 54.6. The third kappa shape index (κ3) is 10.8. The van der Waals surface area contributed by atoms with Crippen molar-refractivity contribution < 1.29 is 23.7 Å². The van der Waals surface area contributed by atoms with Crippen LogP contribution in [-0.2, 0) is 17.4 Å². The first-order valence-corrected chi connectivity index (χ1v) is 28.7. The number of hydrogen-bond acceptors (Lipinski definition) is 5. The third-order valence-corrected chi connectivity index (χ3v) is 16.7. The molecule has 0 bridgehead atoms. The Hall–Kier alpha value is -6.99. The number of rotatable bonds is 21. The molecule has 0 spiro atoms. The van der Waals surface area contributed by atoms with E-state index >= 15 is 0 Å². The molecule has 8 aromatic rings. The lowest BCUT2D eigenvalue weighted by Gasteiger charge is -2.38. The number of methoxy groups -OCH3 is 2. The first kappa shape index (κ1) is 54.4.